The lowest BCUT2D eigenvalue weighted by atomic mass is 9.92. The van der Waals surface area contributed by atoms with Gasteiger partial charge in [0, 0.05) is 12.2 Å². The summed E-state index contributed by atoms with van der Waals surface area (Å²) in [6.07, 6.45) is 1.69. The highest BCUT2D eigenvalue weighted by Crippen LogP contribution is 2.27. The van der Waals surface area contributed by atoms with E-state index in [1.54, 1.807) is 0 Å². The maximum atomic E-state index is 12.3. The number of aliphatic hydroxyl groups excluding tert-OH is 1. The molecule has 3 rings (SSSR count). The molecular weight excluding hydrogens is 403 g/mol. The monoisotopic (exact) mass is 431 g/mol. The number of hydrogen-bond donors (Lipinski definition) is 4. The summed E-state index contributed by atoms with van der Waals surface area (Å²) in [7, 11) is 0. The summed E-state index contributed by atoms with van der Waals surface area (Å²) >= 11 is 0. The summed E-state index contributed by atoms with van der Waals surface area (Å²) in [5.41, 5.74) is 5.57. The molecule has 0 unspecified atom stereocenters. The lowest BCUT2D eigenvalue weighted by molar-refractivity contribution is -0.187. The van der Waals surface area contributed by atoms with Crippen molar-refractivity contribution in [3.05, 3.63) is 11.8 Å². The van der Waals surface area contributed by atoms with Gasteiger partial charge in [-0.3, -0.25) is 4.79 Å². The molecule has 0 spiro atoms. The zero-order chi connectivity index (χ0) is 21.7. The Morgan fingerprint density at radius 3 is 2.50 bits per heavy atom. The molecule has 0 saturated heterocycles. The van der Waals surface area contributed by atoms with Crippen LogP contribution in [0.5, 0.6) is 0 Å². The fourth-order valence-electron chi connectivity index (χ4n) is 3.97. The SMILES string of the molecule is NC(=O)c1cnc(N[C@H]2CC[C@H](OCC(F)(F)F)CC2)nc1N[C@@H]1CCCC[C@H]1O. The number of amides is 1. The molecule has 1 amide bonds. The van der Waals surface area contributed by atoms with Gasteiger partial charge in [0.2, 0.25) is 5.95 Å². The predicted octanol–water partition coefficient (Wildman–Crippen LogP) is 2.59. The van der Waals surface area contributed by atoms with Crippen molar-refractivity contribution in [1.82, 2.24) is 9.97 Å². The normalized spacial score (nSPS) is 27.5. The number of anilines is 2. The smallest absolute Gasteiger partial charge is 0.391 e. The van der Waals surface area contributed by atoms with E-state index in [2.05, 4.69) is 20.6 Å². The molecule has 2 atom stereocenters. The van der Waals surface area contributed by atoms with Gasteiger partial charge in [-0.25, -0.2) is 4.98 Å². The van der Waals surface area contributed by atoms with Crippen LogP contribution < -0.4 is 16.4 Å². The summed E-state index contributed by atoms with van der Waals surface area (Å²) < 4.78 is 41.8. The Morgan fingerprint density at radius 1 is 1.17 bits per heavy atom. The number of aliphatic hydroxyl groups is 1. The lowest BCUT2D eigenvalue weighted by Gasteiger charge is -2.30. The van der Waals surface area contributed by atoms with Crippen molar-refractivity contribution in [3.63, 3.8) is 0 Å². The van der Waals surface area contributed by atoms with Gasteiger partial charge in [-0.2, -0.15) is 18.2 Å². The van der Waals surface area contributed by atoms with Gasteiger partial charge < -0.3 is 26.2 Å². The fraction of sp³-hybridized carbons (Fsp3) is 0.737. The third kappa shape index (κ3) is 6.43. The molecule has 2 aliphatic carbocycles. The van der Waals surface area contributed by atoms with Crippen LogP contribution >= 0.6 is 0 Å². The van der Waals surface area contributed by atoms with Gasteiger partial charge in [0.1, 0.15) is 12.4 Å². The van der Waals surface area contributed by atoms with Crippen LogP contribution in [0, 0.1) is 0 Å². The minimum absolute atomic E-state index is 0.0108. The van der Waals surface area contributed by atoms with Gasteiger partial charge in [-0.1, -0.05) is 12.8 Å². The Kier molecular flexibility index (Phi) is 7.35. The van der Waals surface area contributed by atoms with E-state index in [1.807, 2.05) is 0 Å². The predicted molar refractivity (Wildman–Crippen MR) is 104 cm³/mol. The largest absolute Gasteiger partial charge is 0.411 e. The number of rotatable bonds is 7. The van der Waals surface area contributed by atoms with Crippen molar-refractivity contribution in [2.45, 2.75) is 81.8 Å². The molecule has 8 nitrogen and oxygen atoms in total. The van der Waals surface area contributed by atoms with Crippen LogP contribution in [-0.2, 0) is 4.74 Å². The Morgan fingerprint density at radius 2 is 1.87 bits per heavy atom. The van der Waals surface area contributed by atoms with Crippen LogP contribution in [0.3, 0.4) is 0 Å². The van der Waals surface area contributed by atoms with Crippen LogP contribution in [0.1, 0.15) is 61.7 Å². The number of aromatic nitrogens is 2. The summed E-state index contributed by atoms with van der Waals surface area (Å²) in [6, 6.07) is -0.232. The topological polar surface area (TPSA) is 122 Å². The first kappa shape index (κ1) is 22.5. The molecule has 1 aromatic rings. The molecule has 30 heavy (non-hydrogen) atoms. The number of nitrogens with two attached hydrogens (primary N) is 1. The lowest BCUT2D eigenvalue weighted by Crippen LogP contribution is -2.37. The van der Waals surface area contributed by atoms with Crippen molar-refractivity contribution >= 4 is 17.7 Å². The van der Waals surface area contributed by atoms with Crippen LogP contribution in [0.2, 0.25) is 0 Å². The molecule has 1 heterocycles. The molecule has 0 aromatic carbocycles. The maximum absolute atomic E-state index is 12.3. The van der Waals surface area contributed by atoms with E-state index in [-0.39, 0.29) is 23.5 Å². The van der Waals surface area contributed by atoms with Gasteiger partial charge in [-0.15, -0.1) is 0 Å². The fourth-order valence-corrected chi connectivity index (χ4v) is 3.97. The number of halogens is 3. The molecule has 0 bridgehead atoms. The first-order valence-corrected chi connectivity index (χ1v) is 10.3. The molecule has 0 radical (unpaired) electrons. The highest BCUT2D eigenvalue weighted by Gasteiger charge is 2.31. The zero-order valence-electron chi connectivity index (χ0n) is 16.6. The van der Waals surface area contributed by atoms with E-state index >= 15 is 0 Å². The van der Waals surface area contributed by atoms with Crippen LogP contribution in [0.25, 0.3) is 0 Å². The van der Waals surface area contributed by atoms with E-state index in [0.29, 0.717) is 38.1 Å². The Labute approximate surface area is 172 Å². The van der Waals surface area contributed by atoms with Gasteiger partial charge in [-0.05, 0) is 38.5 Å². The number of nitrogens with zero attached hydrogens (tertiary/aromatic N) is 2. The third-order valence-corrected chi connectivity index (χ3v) is 5.60. The van der Waals surface area contributed by atoms with Crippen LogP contribution in [0.15, 0.2) is 6.20 Å². The number of carbonyl (C=O) groups excluding carboxylic acids is 1. The van der Waals surface area contributed by atoms with Gasteiger partial charge in [0.15, 0.2) is 0 Å². The first-order chi connectivity index (χ1) is 14.2. The van der Waals surface area contributed by atoms with E-state index in [1.165, 1.54) is 6.20 Å². The van der Waals surface area contributed by atoms with E-state index in [9.17, 15) is 23.1 Å². The number of carbonyl (C=O) groups is 1. The average molecular weight is 431 g/mol. The second kappa shape index (κ2) is 9.78. The second-order valence-electron chi connectivity index (χ2n) is 7.97. The van der Waals surface area contributed by atoms with Crippen molar-refractivity contribution in [2.75, 3.05) is 17.2 Å². The van der Waals surface area contributed by atoms with Crippen molar-refractivity contribution < 1.29 is 27.8 Å². The van der Waals surface area contributed by atoms with E-state index < -0.39 is 30.9 Å². The highest BCUT2D eigenvalue weighted by atomic mass is 19.4. The quantitative estimate of drug-likeness (QED) is 0.523. The molecule has 11 heteroatoms. The zero-order valence-corrected chi connectivity index (χ0v) is 16.6. The summed E-state index contributed by atoms with van der Waals surface area (Å²) in [5.74, 6) is -0.0997. The Balaban J connectivity index is 1.59. The van der Waals surface area contributed by atoms with Crippen molar-refractivity contribution in [2.24, 2.45) is 5.73 Å². The molecule has 2 fully saturated rings. The van der Waals surface area contributed by atoms with Crippen LogP contribution in [-0.4, -0.2) is 58.1 Å². The Hall–Kier alpha value is -2.14. The molecule has 2 saturated carbocycles. The van der Waals surface area contributed by atoms with Crippen molar-refractivity contribution in [3.8, 4) is 0 Å². The minimum atomic E-state index is -4.32. The van der Waals surface area contributed by atoms with Crippen LogP contribution in [0.4, 0.5) is 24.9 Å². The van der Waals surface area contributed by atoms with Gasteiger partial charge in [0.05, 0.1) is 23.8 Å². The molecule has 5 N–H and O–H groups in total. The number of primary amides is 1. The van der Waals surface area contributed by atoms with E-state index in [4.69, 9.17) is 10.5 Å². The number of ether oxygens (including phenoxy) is 1. The first-order valence-electron chi connectivity index (χ1n) is 10.3. The minimum Gasteiger partial charge on any atom is -0.391 e. The molecular formula is C19H28F3N5O3. The molecule has 2 aliphatic rings. The number of nitrogens with one attached hydrogen (secondary N) is 2. The average Bonchev–Trinajstić information content (AvgIpc) is 2.69. The van der Waals surface area contributed by atoms with Gasteiger partial charge in [0.25, 0.3) is 5.91 Å². The number of hydrogen-bond acceptors (Lipinski definition) is 7. The molecule has 0 aliphatic heterocycles. The summed E-state index contributed by atoms with van der Waals surface area (Å²) in [5, 5.41) is 16.5. The highest BCUT2D eigenvalue weighted by molar-refractivity contribution is 5.97. The third-order valence-electron chi connectivity index (χ3n) is 5.60. The molecule has 168 valence electrons. The number of alkyl halides is 3. The standard InChI is InChI=1S/C19H28F3N5O3/c20-19(21,22)10-30-12-7-5-11(6-8-12)25-18-24-9-13(16(23)29)17(27-18)26-14-3-1-2-4-15(14)28/h9,11-12,14-15,28H,1-8,10H2,(H2,23,29)(H2,24,25,26,27)/t11-,12-,14-,15-/m1/s1. The summed E-state index contributed by atoms with van der Waals surface area (Å²) in [6.45, 7) is -1.23. The Bertz CT molecular complexity index is 726. The van der Waals surface area contributed by atoms with Crippen molar-refractivity contribution in [1.29, 1.82) is 0 Å². The van der Waals surface area contributed by atoms with Gasteiger partial charge >= 0.3 is 6.18 Å². The summed E-state index contributed by atoms with van der Waals surface area (Å²) in [4.78, 5) is 20.3. The maximum Gasteiger partial charge on any atom is 0.411 e. The molecule has 1 aromatic heterocycles. The second-order valence-corrected chi connectivity index (χ2v) is 7.97. The van der Waals surface area contributed by atoms with E-state index in [0.717, 1.165) is 19.3 Å².